The molecule has 0 fully saturated rings. The second-order valence-corrected chi connectivity index (χ2v) is 6.64. The first-order valence-corrected chi connectivity index (χ1v) is 9.79. The molecule has 0 N–H and O–H groups in total. The molecule has 1 heterocycles. The molecule has 1 aromatic heterocycles. The minimum Gasteiger partial charge on any atom is -0.487 e. The molecule has 0 aliphatic heterocycles. The minimum atomic E-state index is -0.331. The maximum atomic E-state index is 13.2. The predicted molar refractivity (Wildman–Crippen MR) is 112 cm³/mol. The molecule has 0 unspecified atom stereocenters. The number of oxime groups is 1. The number of halogens is 1. The molecular weight excluding hydrogens is 403 g/mol. The number of methoxy groups -OCH3 is 1. The quantitative estimate of drug-likeness (QED) is 0.207. The Kier molecular flexibility index (Phi) is 7.75. The highest BCUT2D eigenvalue weighted by molar-refractivity contribution is 5.99. The van der Waals surface area contributed by atoms with Gasteiger partial charge in [0.05, 0.1) is 13.5 Å². The molecule has 0 aliphatic rings. The van der Waals surface area contributed by atoms with Gasteiger partial charge >= 0.3 is 5.97 Å². The van der Waals surface area contributed by atoms with E-state index in [4.69, 9.17) is 18.8 Å². The number of esters is 1. The van der Waals surface area contributed by atoms with Crippen molar-refractivity contribution in [3.63, 3.8) is 0 Å². The van der Waals surface area contributed by atoms with Gasteiger partial charge in [-0.25, -0.2) is 4.39 Å². The van der Waals surface area contributed by atoms with E-state index in [1.807, 2.05) is 13.0 Å². The molecule has 2 aromatic carbocycles. The number of benzene rings is 2. The van der Waals surface area contributed by atoms with Crippen molar-refractivity contribution < 1.29 is 28.0 Å². The average molecular weight is 426 g/mol. The normalized spacial score (nSPS) is 11.3. The van der Waals surface area contributed by atoms with Crippen LogP contribution in [0.15, 0.2) is 64.3 Å². The number of hydrogen-bond donors (Lipinski definition) is 0. The zero-order valence-corrected chi connectivity index (χ0v) is 17.3. The lowest BCUT2D eigenvalue weighted by Gasteiger charge is -2.08. The summed E-state index contributed by atoms with van der Waals surface area (Å²) >= 11 is 0. The van der Waals surface area contributed by atoms with Crippen molar-refractivity contribution in [2.24, 2.45) is 5.16 Å². The Morgan fingerprint density at radius 2 is 1.97 bits per heavy atom. The van der Waals surface area contributed by atoms with Gasteiger partial charge in [-0.05, 0) is 48.4 Å². The van der Waals surface area contributed by atoms with Crippen LogP contribution in [0.25, 0.3) is 11.3 Å². The van der Waals surface area contributed by atoms with E-state index >= 15 is 0 Å². The molecule has 31 heavy (non-hydrogen) atoms. The summed E-state index contributed by atoms with van der Waals surface area (Å²) in [6.45, 7) is 2.47. The summed E-state index contributed by atoms with van der Waals surface area (Å²) in [5.41, 5.74) is 2.43. The van der Waals surface area contributed by atoms with Crippen LogP contribution >= 0.6 is 0 Å². The molecule has 0 bridgehead atoms. The molecule has 3 rings (SSSR count). The van der Waals surface area contributed by atoms with E-state index in [0.717, 1.165) is 12.0 Å². The van der Waals surface area contributed by atoms with E-state index < -0.39 is 0 Å². The first kappa shape index (κ1) is 22.0. The van der Waals surface area contributed by atoms with Gasteiger partial charge in [0, 0.05) is 11.6 Å². The van der Waals surface area contributed by atoms with Gasteiger partial charge in [0.1, 0.15) is 30.5 Å². The van der Waals surface area contributed by atoms with Crippen LogP contribution in [-0.4, -0.2) is 37.2 Å². The average Bonchev–Trinajstić information content (AvgIpc) is 3.27. The standard InChI is InChI=1S/C23H23FN2O5/c1-3-11-30-25-21(15-29-19-6-4-5-16(12-19)13-23(27)28-2)22-14-20(26-31-22)17-7-9-18(24)10-8-17/h4-10,12,14H,3,11,13,15H2,1-2H3. The van der Waals surface area contributed by atoms with Gasteiger partial charge in [0.2, 0.25) is 0 Å². The van der Waals surface area contributed by atoms with Crippen molar-refractivity contribution >= 4 is 11.7 Å². The van der Waals surface area contributed by atoms with Gasteiger partial charge in [0.15, 0.2) is 11.5 Å². The third-order valence-electron chi connectivity index (χ3n) is 4.25. The molecular formula is C23H23FN2O5. The Morgan fingerprint density at radius 3 is 2.71 bits per heavy atom. The maximum Gasteiger partial charge on any atom is 0.309 e. The second kappa shape index (κ2) is 10.9. The molecule has 8 heteroatoms. The molecule has 162 valence electrons. The number of carbonyl (C=O) groups is 1. The zero-order valence-electron chi connectivity index (χ0n) is 17.3. The SMILES string of the molecule is CCCON=C(COc1cccc(CC(=O)OC)c1)c1cc(-c2ccc(F)cc2)no1. The van der Waals surface area contributed by atoms with Gasteiger partial charge in [-0.2, -0.15) is 0 Å². The number of rotatable bonds is 10. The summed E-state index contributed by atoms with van der Waals surface area (Å²) in [7, 11) is 1.35. The van der Waals surface area contributed by atoms with E-state index in [2.05, 4.69) is 10.3 Å². The molecule has 0 saturated carbocycles. The Balaban J connectivity index is 1.75. The summed E-state index contributed by atoms with van der Waals surface area (Å²) in [5.74, 6) is 0.275. The summed E-state index contributed by atoms with van der Waals surface area (Å²) in [6.07, 6.45) is 0.946. The molecule has 0 atom stereocenters. The van der Waals surface area contributed by atoms with Crippen molar-refractivity contribution in [3.8, 4) is 17.0 Å². The molecule has 0 amide bonds. The van der Waals surface area contributed by atoms with Gasteiger partial charge < -0.3 is 18.8 Å². The molecule has 0 saturated heterocycles. The van der Waals surface area contributed by atoms with Crippen molar-refractivity contribution in [1.82, 2.24) is 5.16 Å². The second-order valence-electron chi connectivity index (χ2n) is 6.64. The first-order chi connectivity index (χ1) is 15.1. The van der Waals surface area contributed by atoms with Gasteiger partial charge in [0.25, 0.3) is 0 Å². The topological polar surface area (TPSA) is 83.2 Å². The van der Waals surface area contributed by atoms with Crippen LogP contribution in [0.1, 0.15) is 24.7 Å². The largest absolute Gasteiger partial charge is 0.487 e. The fourth-order valence-corrected chi connectivity index (χ4v) is 2.66. The van der Waals surface area contributed by atoms with Crippen molar-refractivity contribution in [2.45, 2.75) is 19.8 Å². The van der Waals surface area contributed by atoms with Gasteiger partial charge in [-0.3, -0.25) is 4.79 Å². The number of aromatic nitrogens is 1. The summed E-state index contributed by atoms with van der Waals surface area (Å²) in [4.78, 5) is 16.8. The predicted octanol–water partition coefficient (Wildman–Crippen LogP) is 4.41. The van der Waals surface area contributed by atoms with Crippen LogP contribution in [0.3, 0.4) is 0 Å². The molecule has 0 radical (unpaired) electrons. The van der Waals surface area contributed by atoms with E-state index in [0.29, 0.717) is 35.1 Å². The smallest absolute Gasteiger partial charge is 0.309 e. The fourth-order valence-electron chi connectivity index (χ4n) is 2.66. The summed E-state index contributed by atoms with van der Waals surface area (Å²) in [5, 5.41) is 8.16. The maximum absolute atomic E-state index is 13.2. The lowest BCUT2D eigenvalue weighted by atomic mass is 10.1. The Morgan fingerprint density at radius 1 is 1.16 bits per heavy atom. The Labute approximate surface area is 179 Å². The van der Waals surface area contributed by atoms with Crippen LogP contribution in [0.4, 0.5) is 4.39 Å². The lowest BCUT2D eigenvalue weighted by Crippen LogP contribution is -2.13. The summed E-state index contributed by atoms with van der Waals surface area (Å²) in [6, 6.07) is 14.8. The monoisotopic (exact) mass is 426 g/mol. The van der Waals surface area contributed by atoms with Crippen LogP contribution in [0.2, 0.25) is 0 Å². The highest BCUT2D eigenvalue weighted by Gasteiger charge is 2.15. The third-order valence-corrected chi connectivity index (χ3v) is 4.25. The van der Waals surface area contributed by atoms with E-state index in [9.17, 15) is 9.18 Å². The van der Waals surface area contributed by atoms with E-state index in [-0.39, 0.29) is 24.8 Å². The highest BCUT2D eigenvalue weighted by Crippen LogP contribution is 2.21. The van der Waals surface area contributed by atoms with E-state index in [1.54, 1.807) is 36.4 Å². The van der Waals surface area contributed by atoms with Gasteiger partial charge in [-0.15, -0.1) is 0 Å². The molecule has 0 aliphatic carbocycles. The van der Waals surface area contributed by atoms with Crippen LogP contribution < -0.4 is 4.74 Å². The van der Waals surface area contributed by atoms with Gasteiger partial charge in [-0.1, -0.05) is 29.4 Å². The van der Waals surface area contributed by atoms with Crippen LogP contribution in [-0.2, 0) is 20.8 Å². The summed E-state index contributed by atoms with van der Waals surface area (Å²) < 4.78 is 29.1. The van der Waals surface area contributed by atoms with Crippen LogP contribution in [0.5, 0.6) is 5.75 Å². The van der Waals surface area contributed by atoms with Crippen molar-refractivity contribution in [1.29, 1.82) is 0 Å². The molecule has 0 spiro atoms. The zero-order chi connectivity index (χ0) is 22.1. The highest BCUT2D eigenvalue weighted by atomic mass is 19.1. The Bertz CT molecular complexity index is 1030. The fraction of sp³-hybridized carbons (Fsp3) is 0.261. The number of carbonyl (C=O) groups excluding carboxylic acids is 1. The van der Waals surface area contributed by atoms with Crippen molar-refractivity contribution in [2.75, 3.05) is 20.3 Å². The molecule has 3 aromatic rings. The number of ether oxygens (including phenoxy) is 2. The number of nitrogens with zero attached hydrogens (tertiary/aromatic N) is 2. The molecule has 7 nitrogen and oxygen atoms in total. The number of hydrogen-bond acceptors (Lipinski definition) is 7. The first-order valence-electron chi connectivity index (χ1n) is 9.79. The van der Waals surface area contributed by atoms with Crippen molar-refractivity contribution in [3.05, 3.63) is 71.7 Å². The van der Waals surface area contributed by atoms with Crippen LogP contribution in [0, 0.1) is 5.82 Å². The van der Waals surface area contributed by atoms with E-state index in [1.165, 1.54) is 19.2 Å². The third kappa shape index (κ3) is 6.40. The lowest BCUT2D eigenvalue weighted by molar-refractivity contribution is -0.139. The minimum absolute atomic E-state index is 0.0590. The Hall–Kier alpha value is -3.68.